The Bertz CT molecular complexity index is 1410. The summed E-state index contributed by atoms with van der Waals surface area (Å²) >= 11 is 1.16. The molecule has 0 bridgehead atoms. The Balaban J connectivity index is 1.42. The highest BCUT2D eigenvalue weighted by atomic mass is 32.2. The number of aromatic nitrogens is 2. The first-order valence-electron chi connectivity index (χ1n) is 15.6. The van der Waals surface area contributed by atoms with Crippen molar-refractivity contribution in [2.24, 2.45) is 23.7 Å². The van der Waals surface area contributed by atoms with E-state index in [9.17, 15) is 18.3 Å². The van der Waals surface area contributed by atoms with E-state index >= 15 is 0 Å². The molecule has 1 saturated heterocycles. The molecule has 2 aliphatic rings. The summed E-state index contributed by atoms with van der Waals surface area (Å²) in [6, 6.07) is 13.9. The van der Waals surface area contributed by atoms with E-state index in [-0.39, 0.29) is 22.6 Å². The van der Waals surface area contributed by atoms with Crippen molar-refractivity contribution in [1.29, 1.82) is 0 Å². The summed E-state index contributed by atoms with van der Waals surface area (Å²) in [6.07, 6.45) is 1.84. The van der Waals surface area contributed by atoms with Crippen LogP contribution in [-0.2, 0) is 6.18 Å². The molecule has 0 amide bonds. The van der Waals surface area contributed by atoms with Crippen molar-refractivity contribution in [2.75, 3.05) is 18.0 Å². The molecule has 5 rings (SSSR count). The number of aliphatic hydroxyl groups is 1. The maximum Gasteiger partial charge on any atom is 0.417 e. The molecule has 0 spiro atoms. The molecule has 2 heterocycles. The molecule has 4 atom stereocenters. The number of alkyl halides is 3. The quantitative estimate of drug-likeness (QED) is 0.288. The third-order valence-electron chi connectivity index (χ3n) is 9.54. The lowest BCUT2D eigenvalue weighted by atomic mass is 9.60. The highest BCUT2D eigenvalue weighted by molar-refractivity contribution is 7.99. The number of halogens is 3. The zero-order chi connectivity index (χ0) is 30.9. The first kappa shape index (κ1) is 31.8. The molecule has 8 heteroatoms. The first-order chi connectivity index (χ1) is 20.4. The summed E-state index contributed by atoms with van der Waals surface area (Å²) in [7, 11) is 0. The molecule has 4 unspecified atom stereocenters. The molecular weight excluding hydrogens is 567 g/mol. The lowest BCUT2D eigenvalue weighted by Gasteiger charge is -2.51. The van der Waals surface area contributed by atoms with Crippen LogP contribution in [0.1, 0.15) is 83.8 Å². The van der Waals surface area contributed by atoms with Gasteiger partial charge in [0.05, 0.1) is 16.9 Å². The van der Waals surface area contributed by atoms with Gasteiger partial charge in [0.25, 0.3) is 0 Å². The lowest BCUT2D eigenvalue weighted by molar-refractivity contribution is -0.139. The molecule has 2 aromatic carbocycles. The minimum atomic E-state index is -4.51. The van der Waals surface area contributed by atoms with Gasteiger partial charge in [0, 0.05) is 40.4 Å². The molecule has 1 aliphatic heterocycles. The van der Waals surface area contributed by atoms with E-state index < -0.39 is 17.3 Å². The molecule has 1 N–H and O–H groups in total. The van der Waals surface area contributed by atoms with Gasteiger partial charge < -0.3 is 10.0 Å². The minimum Gasteiger partial charge on any atom is -0.389 e. The van der Waals surface area contributed by atoms with Gasteiger partial charge in [0.15, 0.2) is 0 Å². The second-order valence-electron chi connectivity index (χ2n) is 13.3. The summed E-state index contributed by atoms with van der Waals surface area (Å²) in [5.41, 5.74) is 0.508. The van der Waals surface area contributed by atoms with Gasteiger partial charge in [-0.2, -0.15) is 13.2 Å². The van der Waals surface area contributed by atoms with Gasteiger partial charge in [-0.25, -0.2) is 9.97 Å². The van der Waals surface area contributed by atoms with Crippen LogP contribution in [0.4, 0.5) is 19.0 Å². The van der Waals surface area contributed by atoms with E-state index in [0.717, 1.165) is 60.9 Å². The van der Waals surface area contributed by atoms with Crippen molar-refractivity contribution in [3.05, 3.63) is 66.0 Å². The highest BCUT2D eigenvalue weighted by Crippen LogP contribution is 2.48. The van der Waals surface area contributed by atoms with Gasteiger partial charge >= 0.3 is 6.18 Å². The van der Waals surface area contributed by atoms with Gasteiger partial charge in [-0.1, -0.05) is 77.1 Å². The monoisotopic (exact) mass is 611 g/mol. The SMILES string of the molecule is CC1CCC(C(C)C)C(O)(C2CCCN(c3cc(-c4ccc(Sc5ccccc5C(C)C)c(C(F)(F)F)c4)ncn3)C2)C1. The van der Waals surface area contributed by atoms with Crippen molar-refractivity contribution < 1.29 is 18.3 Å². The van der Waals surface area contributed by atoms with Crippen LogP contribution in [0.15, 0.2) is 64.6 Å². The number of hydrogen-bond donors (Lipinski definition) is 1. The van der Waals surface area contributed by atoms with Crippen LogP contribution in [0.2, 0.25) is 0 Å². The molecule has 1 aliphatic carbocycles. The molecule has 232 valence electrons. The number of hydrogen-bond acceptors (Lipinski definition) is 5. The normalized spacial score (nSPS) is 25.0. The fourth-order valence-electron chi connectivity index (χ4n) is 7.35. The van der Waals surface area contributed by atoms with Crippen LogP contribution in [0.3, 0.4) is 0 Å². The molecule has 43 heavy (non-hydrogen) atoms. The Hall–Kier alpha value is -2.58. The predicted molar refractivity (Wildman–Crippen MR) is 168 cm³/mol. The standard InChI is InChI=1S/C35H44F3N3OS/c1-22(2)27-10-6-7-11-31(27)43-32-15-13-25(17-29(32)35(36,37)38)30-18-33(40-21-39-30)41-16-8-9-26(20-41)34(42)19-24(5)12-14-28(34)23(3)4/h6-7,10-11,13,15,17-18,21-24,26,28,42H,8-9,12,14,16,19-20H2,1-5H3. The summed E-state index contributed by atoms with van der Waals surface area (Å²) in [4.78, 5) is 12.1. The molecule has 4 nitrogen and oxygen atoms in total. The Morgan fingerprint density at radius 2 is 1.74 bits per heavy atom. The first-order valence-corrected chi connectivity index (χ1v) is 16.5. The summed E-state index contributed by atoms with van der Waals surface area (Å²) < 4.78 is 43.1. The third-order valence-corrected chi connectivity index (χ3v) is 10.7. The lowest BCUT2D eigenvalue weighted by Crippen LogP contribution is -2.55. The van der Waals surface area contributed by atoms with Crippen LogP contribution in [0.25, 0.3) is 11.3 Å². The van der Waals surface area contributed by atoms with Crippen LogP contribution in [0.5, 0.6) is 0 Å². The maximum absolute atomic E-state index is 14.4. The molecule has 0 radical (unpaired) electrons. The summed E-state index contributed by atoms with van der Waals surface area (Å²) in [5, 5.41) is 12.1. The fraction of sp³-hybridized carbons (Fsp3) is 0.543. The Morgan fingerprint density at radius 3 is 2.47 bits per heavy atom. The van der Waals surface area contributed by atoms with Gasteiger partial charge in [-0.3, -0.25) is 0 Å². The Labute approximate surface area is 258 Å². The average Bonchev–Trinajstić information content (AvgIpc) is 2.97. The number of benzene rings is 2. The van der Waals surface area contributed by atoms with Crippen LogP contribution < -0.4 is 4.90 Å². The van der Waals surface area contributed by atoms with Gasteiger partial charge in [0.1, 0.15) is 12.1 Å². The smallest absolute Gasteiger partial charge is 0.389 e. The van der Waals surface area contributed by atoms with Gasteiger partial charge in [0.2, 0.25) is 0 Å². The van der Waals surface area contributed by atoms with E-state index in [2.05, 4.69) is 35.6 Å². The predicted octanol–water partition coefficient (Wildman–Crippen LogP) is 9.48. The van der Waals surface area contributed by atoms with E-state index in [1.165, 1.54) is 12.4 Å². The van der Waals surface area contributed by atoms with Crippen LogP contribution >= 0.6 is 11.8 Å². The van der Waals surface area contributed by atoms with Gasteiger partial charge in [-0.05, 0) is 73.1 Å². The van der Waals surface area contributed by atoms with Gasteiger partial charge in [-0.15, -0.1) is 0 Å². The molecule has 1 aromatic heterocycles. The van der Waals surface area contributed by atoms with E-state index in [1.54, 1.807) is 18.2 Å². The Morgan fingerprint density at radius 1 is 0.977 bits per heavy atom. The number of anilines is 1. The highest BCUT2D eigenvalue weighted by Gasteiger charge is 2.49. The molecule has 1 saturated carbocycles. The molecular formula is C35H44F3N3OS. The van der Waals surface area contributed by atoms with Crippen molar-refractivity contribution in [3.63, 3.8) is 0 Å². The largest absolute Gasteiger partial charge is 0.417 e. The van der Waals surface area contributed by atoms with E-state index in [4.69, 9.17) is 0 Å². The minimum absolute atomic E-state index is 0.122. The molecule has 3 aromatic rings. The number of rotatable bonds is 7. The zero-order valence-corrected chi connectivity index (χ0v) is 26.7. The summed E-state index contributed by atoms with van der Waals surface area (Å²) in [5.74, 6) is 2.17. The topological polar surface area (TPSA) is 49.2 Å². The number of nitrogens with zero attached hydrogens (tertiary/aromatic N) is 3. The van der Waals surface area contributed by atoms with Crippen molar-refractivity contribution >= 4 is 17.6 Å². The average molecular weight is 612 g/mol. The second-order valence-corrected chi connectivity index (χ2v) is 14.4. The number of piperidine rings is 1. The fourth-order valence-corrected chi connectivity index (χ4v) is 8.57. The Kier molecular flexibility index (Phi) is 9.48. The zero-order valence-electron chi connectivity index (χ0n) is 25.9. The van der Waals surface area contributed by atoms with Crippen molar-refractivity contribution in [1.82, 2.24) is 9.97 Å². The van der Waals surface area contributed by atoms with Crippen molar-refractivity contribution in [2.45, 2.75) is 94.2 Å². The molecule has 2 fully saturated rings. The van der Waals surface area contributed by atoms with Crippen LogP contribution in [0, 0.1) is 23.7 Å². The van der Waals surface area contributed by atoms with E-state index in [0.29, 0.717) is 35.5 Å². The van der Waals surface area contributed by atoms with E-state index in [1.807, 2.05) is 38.1 Å². The van der Waals surface area contributed by atoms with Crippen LogP contribution in [-0.4, -0.2) is 33.8 Å². The second kappa shape index (κ2) is 12.8. The maximum atomic E-state index is 14.4. The van der Waals surface area contributed by atoms with Crippen molar-refractivity contribution in [3.8, 4) is 11.3 Å². The third kappa shape index (κ3) is 6.90. The summed E-state index contributed by atoms with van der Waals surface area (Å²) in [6.45, 7) is 12.2.